The van der Waals surface area contributed by atoms with Gasteiger partial charge in [-0.25, -0.2) is 4.39 Å². The maximum absolute atomic E-state index is 14.9. The van der Waals surface area contributed by atoms with E-state index in [1.807, 2.05) is 13.8 Å². The number of amides is 2. The van der Waals surface area contributed by atoms with Gasteiger partial charge in [-0.05, 0) is 63.2 Å². The van der Waals surface area contributed by atoms with E-state index in [-0.39, 0.29) is 28.6 Å². The first-order chi connectivity index (χ1) is 16.7. The van der Waals surface area contributed by atoms with E-state index in [4.69, 9.17) is 15.2 Å². The molecule has 0 radical (unpaired) electrons. The fourth-order valence-corrected chi connectivity index (χ4v) is 4.20. The van der Waals surface area contributed by atoms with Crippen LogP contribution in [0, 0.1) is 5.82 Å². The Balaban J connectivity index is 1.64. The van der Waals surface area contributed by atoms with Gasteiger partial charge in [-0.15, -0.1) is 0 Å². The van der Waals surface area contributed by atoms with Gasteiger partial charge in [-0.3, -0.25) is 9.59 Å². The van der Waals surface area contributed by atoms with E-state index >= 15 is 0 Å². The largest absolute Gasteiger partial charge is 0.487 e. The SMILES string of the molecule is CN/C=C\C(N)=NC(=O)c1cc(Oc2ccc(C(=O)N3CCCC3)c(F)c2)c2c(c1)OC(C)(C)C2. The maximum Gasteiger partial charge on any atom is 0.279 e. The predicted molar refractivity (Wildman–Crippen MR) is 131 cm³/mol. The van der Waals surface area contributed by atoms with Crippen molar-refractivity contribution in [1.82, 2.24) is 10.2 Å². The first-order valence-corrected chi connectivity index (χ1v) is 11.5. The van der Waals surface area contributed by atoms with Crippen molar-refractivity contribution in [2.75, 3.05) is 20.1 Å². The molecule has 2 aromatic rings. The number of ether oxygens (including phenoxy) is 2. The van der Waals surface area contributed by atoms with Gasteiger partial charge in [0.2, 0.25) is 0 Å². The summed E-state index contributed by atoms with van der Waals surface area (Å²) in [4.78, 5) is 30.9. The number of carbonyl (C=O) groups is 2. The van der Waals surface area contributed by atoms with Crippen LogP contribution in [0.1, 0.15) is 53.0 Å². The Morgan fingerprint density at radius 3 is 2.66 bits per heavy atom. The topological polar surface area (TPSA) is 106 Å². The molecular formula is C26H29FN4O4. The molecule has 1 fully saturated rings. The molecule has 8 nitrogen and oxygen atoms in total. The summed E-state index contributed by atoms with van der Waals surface area (Å²) in [5.41, 5.74) is 6.27. The molecule has 2 aliphatic heterocycles. The van der Waals surface area contributed by atoms with Gasteiger partial charge >= 0.3 is 0 Å². The Morgan fingerprint density at radius 2 is 1.97 bits per heavy atom. The van der Waals surface area contributed by atoms with E-state index in [0.29, 0.717) is 31.0 Å². The zero-order valence-corrected chi connectivity index (χ0v) is 20.1. The minimum atomic E-state index is -0.659. The van der Waals surface area contributed by atoms with Crippen LogP contribution in [0.2, 0.25) is 0 Å². The van der Waals surface area contributed by atoms with Crippen molar-refractivity contribution in [1.29, 1.82) is 0 Å². The van der Waals surface area contributed by atoms with Gasteiger partial charge in [0.15, 0.2) is 0 Å². The number of amidine groups is 1. The number of likely N-dealkylation sites (tertiary alicyclic amines) is 1. The third-order valence-electron chi connectivity index (χ3n) is 5.85. The average molecular weight is 481 g/mol. The van der Waals surface area contributed by atoms with Crippen molar-refractivity contribution >= 4 is 17.6 Å². The predicted octanol–water partition coefficient (Wildman–Crippen LogP) is 3.80. The van der Waals surface area contributed by atoms with Crippen molar-refractivity contribution in [3.05, 3.63) is 65.1 Å². The minimum absolute atomic E-state index is 0.0114. The number of nitrogens with one attached hydrogen (secondary N) is 1. The lowest BCUT2D eigenvalue weighted by Gasteiger charge is -2.16. The molecule has 35 heavy (non-hydrogen) atoms. The van der Waals surface area contributed by atoms with Gasteiger partial charge in [0.1, 0.15) is 34.5 Å². The Hall–Kier alpha value is -3.88. The number of fused-ring (bicyclic) bond motifs is 1. The molecule has 2 amide bonds. The number of halogens is 1. The number of nitrogens with two attached hydrogens (primary N) is 1. The Kier molecular flexibility index (Phi) is 6.77. The van der Waals surface area contributed by atoms with Crippen LogP contribution >= 0.6 is 0 Å². The van der Waals surface area contributed by atoms with Crippen molar-refractivity contribution in [2.45, 2.75) is 38.7 Å². The molecule has 2 aromatic carbocycles. The number of carbonyl (C=O) groups excluding carboxylic acids is 2. The second-order valence-electron chi connectivity index (χ2n) is 9.20. The third kappa shape index (κ3) is 5.45. The van der Waals surface area contributed by atoms with E-state index in [9.17, 15) is 14.0 Å². The number of aliphatic imine (C=N–C) groups is 1. The van der Waals surface area contributed by atoms with Gasteiger partial charge < -0.3 is 25.4 Å². The number of benzene rings is 2. The Bertz CT molecular complexity index is 1220. The molecule has 9 heteroatoms. The number of hydrogen-bond acceptors (Lipinski definition) is 5. The zero-order valence-electron chi connectivity index (χ0n) is 20.1. The van der Waals surface area contributed by atoms with Gasteiger partial charge in [0, 0.05) is 43.8 Å². The zero-order chi connectivity index (χ0) is 25.2. The van der Waals surface area contributed by atoms with Crippen LogP contribution in [-0.2, 0) is 6.42 Å². The van der Waals surface area contributed by atoms with E-state index in [1.54, 1.807) is 36.3 Å². The molecule has 0 unspecified atom stereocenters. The quantitative estimate of drug-likeness (QED) is 0.481. The summed E-state index contributed by atoms with van der Waals surface area (Å²) in [6.07, 6.45) is 5.41. The van der Waals surface area contributed by atoms with Crippen molar-refractivity contribution in [3.63, 3.8) is 0 Å². The summed E-state index contributed by atoms with van der Waals surface area (Å²) in [5.74, 6) is -0.454. The van der Waals surface area contributed by atoms with Crippen molar-refractivity contribution < 1.29 is 23.5 Å². The Morgan fingerprint density at radius 1 is 1.23 bits per heavy atom. The van der Waals surface area contributed by atoms with Crippen LogP contribution in [0.4, 0.5) is 4.39 Å². The molecule has 3 N–H and O–H groups in total. The van der Waals surface area contributed by atoms with Gasteiger partial charge in [-0.2, -0.15) is 4.99 Å². The maximum atomic E-state index is 14.9. The lowest BCUT2D eigenvalue weighted by atomic mass is 9.99. The first-order valence-electron chi connectivity index (χ1n) is 11.5. The first kappa shape index (κ1) is 24.3. The molecule has 4 rings (SSSR count). The number of nitrogens with zero attached hydrogens (tertiary/aromatic N) is 2. The highest BCUT2D eigenvalue weighted by atomic mass is 19.1. The molecule has 184 valence electrons. The summed E-state index contributed by atoms with van der Waals surface area (Å²) in [5, 5.41) is 2.78. The summed E-state index contributed by atoms with van der Waals surface area (Å²) in [7, 11) is 1.70. The third-order valence-corrected chi connectivity index (χ3v) is 5.85. The van der Waals surface area contributed by atoms with Crippen LogP contribution in [0.3, 0.4) is 0 Å². The minimum Gasteiger partial charge on any atom is -0.487 e. The van der Waals surface area contributed by atoms with Crippen LogP contribution in [0.5, 0.6) is 17.2 Å². The van der Waals surface area contributed by atoms with Gasteiger partial charge in [0.25, 0.3) is 11.8 Å². The smallest absolute Gasteiger partial charge is 0.279 e. The molecule has 0 bridgehead atoms. The van der Waals surface area contributed by atoms with E-state index in [2.05, 4.69) is 10.3 Å². The van der Waals surface area contributed by atoms with Gasteiger partial charge in [0.05, 0.1) is 5.56 Å². The molecule has 0 spiro atoms. The standard InChI is InChI=1S/C26H29FN4O4/c1-26(2)15-19-21(12-16(13-22(19)35-26)24(32)30-23(28)8-9-29-3)34-17-6-7-18(20(27)14-17)25(33)31-10-4-5-11-31/h6-9,12-14,29H,4-5,10-11,15H2,1-3H3,(H2,28,30,32)/b9-8-. The molecule has 2 heterocycles. The van der Waals surface area contributed by atoms with Crippen LogP contribution in [0.25, 0.3) is 0 Å². The van der Waals surface area contributed by atoms with Crippen LogP contribution in [-0.4, -0.2) is 48.3 Å². The summed E-state index contributed by atoms with van der Waals surface area (Å²) in [6.45, 7) is 5.12. The van der Waals surface area contributed by atoms with Crippen LogP contribution in [0.15, 0.2) is 47.6 Å². The summed E-state index contributed by atoms with van der Waals surface area (Å²) < 4.78 is 26.9. The highest BCUT2D eigenvalue weighted by Gasteiger charge is 2.34. The van der Waals surface area contributed by atoms with Crippen LogP contribution < -0.4 is 20.5 Å². The molecule has 0 aliphatic carbocycles. The molecule has 0 atom stereocenters. The summed E-state index contributed by atoms with van der Waals surface area (Å²) in [6, 6.07) is 7.32. The molecular weight excluding hydrogens is 451 g/mol. The molecule has 0 aromatic heterocycles. The molecule has 0 saturated carbocycles. The van der Waals surface area contributed by atoms with E-state index in [1.165, 1.54) is 18.2 Å². The average Bonchev–Trinajstić information content (AvgIpc) is 3.44. The van der Waals surface area contributed by atoms with Crippen molar-refractivity contribution in [2.24, 2.45) is 10.7 Å². The molecule has 1 saturated heterocycles. The normalized spacial score (nSPS) is 16.8. The summed E-state index contributed by atoms with van der Waals surface area (Å²) >= 11 is 0. The second kappa shape index (κ2) is 9.77. The second-order valence-corrected chi connectivity index (χ2v) is 9.20. The van der Waals surface area contributed by atoms with Gasteiger partial charge in [-0.1, -0.05) is 0 Å². The number of rotatable bonds is 6. The lowest BCUT2D eigenvalue weighted by molar-refractivity contribution is 0.0788. The number of hydrogen-bond donors (Lipinski definition) is 2. The Labute approximate surface area is 203 Å². The monoisotopic (exact) mass is 480 g/mol. The molecule has 2 aliphatic rings. The highest BCUT2D eigenvalue weighted by Crippen LogP contribution is 2.43. The fourth-order valence-electron chi connectivity index (χ4n) is 4.20. The fraction of sp³-hybridized carbons (Fsp3) is 0.346. The van der Waals surface area contributed by atoms with E-state index in [0.717, 1.165) is 18.4 Å². The van der Waals surface area contributed by atoms with E-state index < -0.39 is 17.3 Å². The van der Waals surface area contributed by atoms with Crippen molar-refractivity contribution in [3.8, 4) is 17.2 Å². The lowest BCUT2D eigenvalue weighted by Crippen LogP contribution is -2.28. The highest BCUT2D eigenvalue weighted by molar-refractivity contribution is 6.06.